The molecule has 2 aromatic heterocycles. The van der Waals surface area contributed by atoms with Gasteiger partial charge < -0.3 is 10.2 Å². The fourth-order valence-corrected chi connectivity index (χ4v) is 3.88. The average molecular weight is 515 g/mol. The second-order valence-electron chi connectivity index (χ2n) is 8.35. The van der Waals surface area contributed by atoms with Crippen molar-refractivity contribution in [2.45, 2.75) is 24.6 Å². The van der Waals surface area contributed by atoms with Gasteiger partial charge in [0.05, 0.1) is 30.2 Å². The molecule has 0 aliphatic carbocycles. The maximum absolute atomic E-state index is 13.6. The van der Waals surface area contributed by atoms with Crippen LogP contribution < -0.4 is 5.32 Å². The molecule has 3 heterocycles. The third-order valence-electron chi connectivity index (χ3n) is 5.69. The number of hydrogen-bond donors (Lipinski definition) is 1. The van der Waals surface area contributed by atoms with E-state index in [9.17, 15) is 31.5 Å². The number of halogens is 5. The van der Waals surface area contributed by atoms with Gasteiger partial charge in [-0.3, -0.25) is 19.6 Å². The number of pyridine rings is 2. The molecule has 1 aliphatic heterocycles. The smallest absolute Gasteiger partial charge is 0.343 e. The molecule has 1 aromatic carbocycles. The SMILES string of the molecule is N#CC1CC(F)(F)CN1C(=O)CNC(=O)c1ccnc2ccc(C=Cc3ccc(C(F)(F)F)nc3)cc12. The quantitative estimate of drug-likeness (QED) is 0.511. The lowest BCUT2D eigenvalue weighted by Gasteiger charge is -2.19. The van der Waals surface area contributed by atoms with Crippen molar-refractivity contribution in [3.05, 3.63) is 71.2 Å². The molecule has 1 unspecified atom stereocenters. The zero-order valence-corrected chi connectivity index (χ0v) is 19.0. The van der Waals surface area contributed by atoms with E-state index in [0.717, 1.165) is 17.2 Å². The van der Waals surface area contributed by atoms with Gasteiger partial charge in [-0.2, -0.15) is 18.4 Å². The Morgan fingerprint density at radius 3 is 2.54 bits per heavy atom. The first-order chi connectivity index (χ1) is 17.5. The third-order valence-corrected chi connectivity index (χ3v) is 5.69. The van der Waals surface area contributed by atoms with Gasteiger partial charge >= 0.3 is 6.18 Å². The summed E-state index contributed by atoms with van der Waals surface area (Å²) in [6, 6.07) is 8.97. The molecule has 4 rings (SSSR count). The van der Waals surface area contributed by atoms with Crippen LogP contribution in [0.15, 0.2) is 48.8 Å². The molecule has 1 aliphatic rings. The molecule has 3 aromatic rings. The first-order valence-electron chi connectivity index (χ1n) is 10.9. The largest absolute Gasteiger partial charge is 0.433 e. The number of rotatable bonds is 5. The van der Waals surface area contributed by atoms with E-state index in [0.29, 0.717) is 22.0 Å². The van der Waals surface area contributed by atoms with Crippen LogP contribution in [0, 0.1) is 11.3 Å². The van der Waals surface area contributed by atoms with Gasteiger partial charge in [0.2, 0.25) is 5.91 Å². The Labute approximate surface area is 207 Å². The van der Waals surface area contributed by atoms with Crippen molar-refractivity contribution < 1.29 is 31.5 Å². The van der Waals surface area contributed by atoms with Gasteiger partial charge in [0.1, 0.15) is 11.7 Å². The number of carbonyl (C=O) groups is 2. The number of nitrogens with one attached hydrogen (secondary N) is 1. The number of nitrogens with zero attached hydrogens (tertiary/aromatic N) is 4. The number of aromatic nitrogens is 2. The van der Waals surface area contributed by atoms with Crippen LogP contribution in [0.1, 0.15) is 33.6 Å². The highest BCUT2D eigenvalue weighted by Crippen LogP contribution is 2.31. The van der Waals surface area contributed by atoms with Crippen LogP contribution >= 0.6 is 0 Å². The second kappa shape index (κ2) is 9.93. The predicted molar refractivity (Wildman–Crippen MR) is 123 cm³/mol. The van der Waals surface area contributed by atoms with E-state index in [4.69, 9.17) is 5.26 Å². The van der Waals surface area contributed by atoms with E-state index >= 15 is 0 Å². The Kier molecular flexibility index (Phi) is 6.89. The molecule has 1 atom stereocenters. The number of nitriles is 1. The van der Waals surface area contributed by atoms with Crippen LogP contribution in [-0.2, 0) is 11.0 Å². The molecule has 0 spiro atoms. The van der Waals surface area contributed by atoms with Crippen LogP contribution in [0.25, 0.3) is 23.1 Å². The summed E-state index contributed by atoms with van der Waals surface area (Å²) < 4.78 is 65.3. The molecule has 12 heteroatoms. The predicted octanol–water partition coefficient (Wildman–Crippen LogP) is 4.31. The maximum atomic E-state index is 13.6. The van der Waals surface area contributed by atoms with Crippen LogP contribution in [0.3, 0.4) is 0 Å². The van der Waals surface area contributed by atoms with E-state index in [2.05, 4.69) is 15.3 Å². The fourth-order valence-electron chi connectivity index (χ4n) is 3.88. The first kappa shape index (κ1) is 25.7. The highest BCUT2D eigenvalue weighted by Gasteiger charge is 2.47. The van der Waals surface area contributed by atoms with Gasteiger partial charge in [0.25, 0.3) is 11.8 Å². The van der Waals surface area contributed by atoms with Crippen molar-refractivity contribution >= 4 is 34.9 Å². The van der Waals surface area contributed by atoms with E-state index < -0.39 is 55.2 Å². The molecule has 0 radical (unpaired) electrons. The monoisotopic (exact) mass is 515 g/mol. The number of carbonyl (C=O) groups excluding carboxylic acids is 2. The summed E-state index contributed by atoms with van der Waals surface area (Å²) in [7, 11) is 0. The summed E-state index contributed by atoms with van der Waals surface area (Å²) >= 11 is 0. The molecule has 0 bridgehead atoms. The minimum absolute atomic E-state index is 0.174. The minimum Gasteiger partial charge on any atom is -0.343 e. The standard InChI is InChI=1S/C25H18F5N5O2/c26-24(27)10-17(11-31)35(14-24)22(36)13-34-23(37)18-7-8-32-20-5-3-15(9-19(18)20)1-2-16-4-6-21(33-12-16)25(28,29)30/h1-9,12,17H,10,13-14H2,(H,34,37). The van der Waals surface area contributed by atoms with E-state index in [1.165, 1.54) is 18.3 Å². The van der Waals surface area contributed by atoms with Crippen molar-refractivity contribution in [1.82, 2.24) is 20.2 Å². The molecule has 2 amide bonds. The average Bonchev–Trinajstić information content (AvgIpc) is 3.19. The Morgan fingerprint density at radius 1 is 1.14 bits per heavy atom. The number of alkyl halides is 5. The summed E-state index contributed by atoms with van der Waals surface area (Å²) in [5, 5.41) is 11.9. The van der Waals surface area contributed by atoms with Gasteiger partial charge in [0, 0.05) is 24.2 Å². The lowest BCUT2D eigenvalue weighted by Crippen LogP contribution is -2.43. The zero-order chi connectivity index (χ0) is 26.8. The fraction of sp³-hybridized carbons (Fsp3) is 0.240. The molecule has 190 valence electrons. The highest BCUT2D eigenvalue weighted by molar-refractivity contribution is 6.07. The van der Waals surface area contributed by atoms with Gasteiger partial charge in [-0.15, -0.1) is 0 Å². The molecule has 1 N–H and O–H groups in total. The van der Waals surface area contributed by atoms with Gasteiger partial charge in [-0.05, 0) is 35.4 Å². The topological polar surface area (TPSA) is 99.0 Å². The van der Waals surface area contributed by atoms with Crippen LogP contribution in [0.5, 0.6) is 0 Å². The van der Waals surface area contributed by atoms with Crippen LogP contribution in [-0.4, -0.2) is 51.7 Å². The number of benzene rings is 1. The number of hydrogen-bond acceptors (Lipinski definition) is 5. The molecule has 1 fully saturated rings. The molecular formula is C25H18F5N5O2. The summed E-state index contributed by atoms with van der Waals surface area (Å²) in [4.78, 5) is 33.6. The molecular weight excluding hydrogens is 497 g/mol. The van der Waals surface area contributed by atoms with Crippen molar-refractivity contribution in [3.63, 3.8) is 0 Å². The van der Waals surface area contributed by atoms with Gasteiger partial charge in [0.15, 0.2) is 0 Å². The first-order valence-corrected chi connectivity index (χ1v) is 10.9. The van der Waals surface area contributed by atoms with Gasteiger partial charge in [-0.25, -0.2) is 8.78 Å². The summed E-state index contributed by atoms with van der Waals surface area (Å²) in [5.41, 5.74) is 0.682. The maximum Gasteiger partial charge on any atom is 0.433 e. The summed E-state index contributed by atoms with van der Waals surface area (Å²) in [5.74, 6) is -4.61. The lowest BCUT2D eigenvalue weighted by atomic mass is 10.0. The summed E-state index contributed by atoms with van der Waals surface area (Å²) in [6.07, 6.45) is 0.376. The number of likely N-dealkylation sites (tertiary alicyclic amines) is 1. The highest BCUT2D eigenvalue weighted by atomic mass is 19.4. The van der Waals surface area contributed by atoms with E-state index in [-0.39, 0.29) is 5.56 Å². The van der Waals surface area contributed by atoms with E-state index in [1.807, 2.05) is 0 Å². The second-order valence-corrected chi connectivity index (χ2v) is 8.35. The Balaban J connectivity index is 1.49. The van der Waals surface area contributed by atoms with Gasteiger partial charge in [-0.1, -0.05) is 24.3 Å². The molecule has 7 nitrogen and oxygen atoms in total. The lowest BCUT2D eigenvalue weighted by molar-refractivity contribution is -0.141. The molecule has 37 heavy (non-hydrogen) atoms. The van der Waals surface area contributed by atoms with E-state index in [1.54, 1.807) is 36.4 Å². The van der Waals surface area contributed by atoms with Crippen molar-refractivity contribution in [2.24, 2.45) is 0 Å². The van der Waals surface area contributed by atoms with Crippen molar-refractivity contribution in [3.8, 4) is 6.07 Å². The third kappa shape index (κ3) is 5.88. The summed E-state index contributed by atoms with van der Waals surface area (Å²) in [6.45, 7) is -1.46. The molecule has 0 saturated carbocycles. The van der Waals surface area contributed by atoms with Crippen molar-refractivity contribution in [2.75, 3.05) is 13.1 Å². The Hall–Kier alpha value is -4.40. The Bertz CT molecular complexity index is 1410. The number of fused-ring (bicyclic) bond motifs is 1. The van der Waals surface area contributed by atoms with Crippen molar-refractivity contribution in [1.29, 1.82) is 5.26 Å². The Morgan fingerprint density at radius 2 is 1.86 bits per heavy atom. The number of amides is 2. The normalized spacial score (nSPS) is 17.2. The zero-order valence-electron chi connectivity index (χ0n) is 19.0. The molecule has 1 saturated heterocycles. The van der Waals surface area contributed by atoms with Crippen LogP contribution in [0.2, 0.25) is 0 Å². The minimum atomic E-state index is -4.54. The van der Waals surface area contributed by atoms with Crippen LogP contribution in [0.4, 0.5) is 22.0 Å².